The van der Waals surface area contributed by atoms with Crippen molar-refractivity contribution in [3.63, 3.8) is 0 Å². The third-order valence-electron chi connectivity index (χ3n) is 3.60. The van der Waals surface area contributed by atoms with E-state index in [9.17, 15) is 9.59 Å². The fourth-order valence-corrected chi connectivity index (χ4v) is 2.63. The summed E-state index contributed by atoms with van der Waals surface area (Å²) in [4.78, 5) is 25.1. The fraction of sp³-hybridized carbons (Fsp3) is 0.818. The van der Waals surface area contributed by atoms with E-state index in [4.69, 9.17) is 5.73 Å². The Morgan fingerprint density at radius 2 is 2.29 bits per heavy atom. The Hall–Kier alpha value is -0.810. The molecule has 2 fully saturated rings. The van der Waals surface area contributed by atoms with Crippen molar-refractivity contribution in [2.45, 2.75) is 25.8 Å². The average Bonchev–Trinajstić information content (AvgIpc) is 2.83. The molecule has 17 heavy (non-hydrogen) atoms. The number of nitrogens with zero attached hydrogens (tertiary/aromatic N) is 1. The summed E-state index contributed by atoms with van der Waals surface area (Å²) in [5.74, 6) is 0.359. The summed E-state index contributed by atoms with van der Waals surface area (Å²) >= 11 is 0. The molecule has 2 rings (SSSR count). The van der Waals surface area contributed by atoms with Gasteiger partial charge in [0.1, 0.15) is 0 Å². The second kappa shape index (κ2) is 5.69. The topological polar surface area (TPSA) is 75.4 Å². The highest BCUT2D eigenvalue weighted by Crippen LogP contribution is 2.25. The maximum atomic E-state index is 12.2. The molecule has 0 aromatic carbocycles. The van der Waals surface area contributed by atoms with Crippen LogP contribution in [0.2, 0.25) is 0 Å². The van der Waals surface area contributed by atoms with Crippen molar-refractivity contribution in [1.29, 1.82) is 0 Å². The van der Waals surface area contributed by atoms with E-state index >= 15 is 0 Å². The lowest BCUT2D eigenvalue weighted by Gasteiger charge is -2.24. The van der Waals surface area contributed by atoms with E-state index < -0.39 is 0 Å². The smallest absolute Gasteiger partial charge is 0.228 e. The molecule has 2 saturated heterocycles. The van der Waals surface area contributed by atoms with Crippen molar-refractivity contribution < 1.29 is 9.59 Å². The van der Waals surface area contributed by atoms with Crippen LogP contribution in [0.1, 0.15) is 19.8 Å². The largest absolute Gasteiger partial charge is 0.355 e. The lowest BCUT2D eigenvalue weighted by atomic mass is 10.1. The molecule has 5 nitrogen and oxygen atoms in total. The van der Waals surface area contributed by atoms with Gasteiger partial charge in [0.05, 0.1) is 5.92 Å². The maximum Gasteiger partial charge on any atom is 0.228 e. The summed E-state index contributed by atoms with van der Waals surface area (Å²) in [6, 6.07) is 0.261. The number of amides is 2. The van der Waals surface area contributed by atoms with Gasteiger partial charge in [-0.15, -0.1) is 12.4 Å². The van der Waals surface area contributed by atoms with Gasteiger partial charge in [-0.3, -0.25) is 9.59 Å². The van der Waals surface area contributed by atoms with Gasteiger partial charge in [-0.05, 0) is 25.8 Å². The Labute approximate surface area is 108 Å². The zero-order chi connectivity index (χ0) is 11.7. The SMILES string of the molecule is CC1CC(CN)CN1C(=O)C1CNC(=O)C1.Cl. The molecular formula is C11H20ClN3O2. The van der Waals surface area contributed by atoms with Gasteiger partial charge in [-0.2, -0.15) is 0 Å². The third kappa shape index (κ3) is 2.90. The lowest BCUT2D eigenvalue weighted by Crippen LogP contribution is -2.39. The summed E-state index contributed by atoms with van der Waals surface area (Å²) in [6.45, 7) is 3.93. The van der Waals surface area contributed by atoms with Crippen molar-refractivity contribution >= 4 is 24.2 Å². The van der Waals surface area contributed by atoms with Crippen LogP contribution in [-0.4, -0.2) is 42.4 Å². The predicted octanol–water partition coefficient (Wildman–Crippen LogP) is -0.260. The lowest BCUT2D eigenvalue weighted by molar-refractivity contribution is -0.136. The minimum Gasteiger partial charge on any atom is -0.355 e. The minimum absolute atomic E-state index is 0. The van der Waals surface area contributed by atoms with E-state index in [2.05, 4.69) is 12.2 Å². The van der Waals surface area contributed by atoms with Crippen LogP contribution in [0.25, 0.3) is 0 Å². The number of rotatable bonds is 2. The Morgan fingerprint density at radius 1 is 1.59 bits per heavy atom. The van der Waals surface area contributed by atoms with Gasteiger partial charge >= 0.3 is 0 Å². The number of hydrogen-bond donors (Lipinski definition) is 2. The first-order valence-electron chi connectivity index (χ1n) is 5.89. The molecule has 0 bridgehead atoms. The summed E-state index contributed by atoms with van der Waals surface area (Å²) < 4.78 is 0. The molecule has 2 heterocycles. The Balaban J connectivity index is 0.00000144. The molecule has 98 valence electrons. The molecule has 6 heteroatoms. The van der Waals surface area contributed by atoms with Crippen molar-refractivity contribution in [3.05, 3.63) is 0 Å². The van der Waals surface area contributed by atoms with Crippen molar-refractivity contribution in [2.75, 3.05) is 19.6 Å². The zero-order valence-electron chi connectivity index (χ0n) is 10.0. The van der Waals surface area contributed by atoms with Gasteiger partial charge in [0.2, 0.25) is 11.8 Å². The maximum absolute atomic E-state index is 12.2. The molecule has 0 radical (unpaired) electrons. The number of nitrogens with two attached hydrogens (primary N) is 1. The van der Waals surface area contributed by atoms with Gasteiger partial charge in [0.15, 0.2) is 0 Å². The molecule has 0 saturated carbocycles. The predicted molar refractivity (Wildman–Crippen MR) is 66.7 cm³/mol. The summed E-state index contributed by atoms with van der Waals surface area (Å²) in [6.07, 6.45) is 1.33. The van der Waals surface area contributed by atoms with Crippen LogP contribution in [0.15, 0.2) is 0 Å². The molecule has 3 unspecified atom stereocenters. The quantitative estimate of drug-likeness (QED) is 0.719. The highest BCUT2D eigenvalue weighted by molar-refractivity contribution is 5.89. The fourth-order valence-electron chi connectivity index (χ4n) is 2.63. The van der Waals surface area contributed by atoms with Crippen LogP contribution in [-0.2, 0) is 9.59 Å². The molecule has 2 aliphatic rings. The zero-order valence-corrected chi connectivity index (χ0v) is 10.8. The first-order chi connectivity index (χ1) is 7.61. The number of nitrogens with one attached hydrogen (secondary N) is 1. The molecule has 0 aromatic rings. The number of carbonyl (C=O) groups excluding carboxylic acids is 2. The third-order valence-corrected chi connectivity index (χ3v) is 3.60. The van der Waals surface area contributed by atoms with Crippen LogP contribution in [0.5, 0.6) is 0 Å². The molecule has 0 aliphatic carbocycles. The van der Waals surface area contributed by atoms with Gasteiger partial charge in [0, 0.05) is 25.6 Å². The first kappa shape index (κ1) is 14.3. The normalized spacial score (nSPS) is 32.2. The second-order valence-corrected chi connectivity index (χ2v) is 4.88. The van der Waals surface area contributed by atoms with Crippen LogP contribution >= 0.6 is 12.4 Å². The van der Waals surface area contributed by atoms with Crippen LogP contribution in [0.3, 0.4) is 0 Å². The highest BCUT2D eigenvalue weighted by atomic mass is 35.5. The van der Waals surface area contributed by atoms with Gasteiger partial charge in [0.25, 0.3) is 0 Å². The number of halogens is 1. The summed E-state index contributed by atoms with van der Waals surface area (Å²) in [5.41, 5.74) is 5.63. The number of hydrogen-bond acceptors (Lipinski definition) is 3. The Bertz CT molecular complexity index is 311. The second-order valence-electron chi connectivity index (χ2n) is 4.88. The van der Waals surface area contributed by atoms with Gasteiger partial charge < -0.3 is 16.0 Å². The molecular weight excluding hydrogens is 242 g/mol. The van der Waals surface area contributed by atoms with Crippen LogP contribution < -0.4 is 11.1 Å². The first-order valence-corrected chi connectivity index (χ1v) is 5.89. The van der Waals surface area contributed by atoms with E-state index in [0.717, 1.165) is 13.0 Å². The molecule has 3 N–H and O–H groups in total. The number of carbonyl (C=O) groups is 2. The molecule has 0 aromatic heterocycles. The van der Waals surface area contributed by atoms with Crippen molar-refractivity contribution in [1.82, 2.24) is 10.2 Å². The molecule has 2 amide bonds. The standard InChI is InChI=1S/C11H19N3O2.ClH/c1-7-2-8(4-12)6-14(7)11(16)9-3-10(15)13-5-9;/h7-9H,2-6,12H2,1H3,(H,13,15);1H. The molecule has 2 aliphatic heterocycles. The van der Waals surface area contributed by atoms with E-state index in [1.54, 1.807) is 0 Å². The minimum atomic E-state index is -0.161. The van der Waals surface area contributed by atoms with Gasteiger partial charge in [-0.1, -0.05) is 0 Å². The Kier molecular flexibility index (Phi) is 4.77. The van der Waals surface area contributed by atoms with E-state index in [1.807, 2.05) is 4.90 Å². The Morgan fingerprint density at radius 3 is 2.76 bits per heavy atom. The van der Waals surface area contributed by atoms with E-state index in [1.165, 1.54) is 0 Å². The van der Waals surface area contributed by atoms with E-state index in [0.29, 0.717) is 25.4 Å². The van der Waals surface area contributed by atoms with E-state index in [-0.39, 0.29) is 36.2 Å². The van der Waals surface area contributed by atoms with Crippen molar-refractivity contribution in [2.24, 2.45) is 17.6 Å². The molecule has 3 atom stereocenters. The molecule has 0 spiro atoms. The van der Waals surface area contributed by atoms with Crippen molar-refractivity contribution in [3.8, 4) is 0 Å². The summed E-state index contributed by atoms with van der Waals surface area (Å²) in [7, 11) is 0. The van der Waals surface area contributed by atoms with Crippen LogP contribution in [0.4, 0.5) is 0 Å². The monoisotopic (exact) mass is 261 g/mol. The summed E-state index contributed by atoms with van der Waals surface area (Å²) in [5, 5.41) is 2.70. The van der Waals surface area contributed by atoms with Gasteiger partial charge in [-0.25, -0.2) is 0 Å². The van der Waals surface area contributed by atoms with Crippen LogP contribution in [0, 0.1) is 11.8 Å². The average molecular weight is 262 g/mol. The highest BCUT2D eigenvalue weighted by Gasteiger charge is 2.37. The number of likely N-dealkylation sites (tertiary alicyclic amines) is 1.